The van der Waals surface area contributed by atoms with E-state index in [1.54, 1.807) is 0 Å². The summed E-state index contributed by atoms with van der Waals surface area (Å²) in [6.45, 7) is 3.10. The molecule has 0 amide bonds. The summed E-state index contributed by atoms with van der Waals surface area (Å²) in [5.74, 6) is -0.492. The minimum atomic E-state index is -4.69. The smallest absolute Gasteiger partial charge is 0.747 e. The molecular formula is C4H7NaO5S2. The first kappa shape index (κ1) is 15.1. The number of sulfone groups is 1. The predicted molar refractivity (Wildman–Crippen MR) is 38.5 cm³/mol. The first-order valence-electron chi connectivity index (χ1n) is 2.52. The second-order valence-electron chi connectivity index (χ2n) is 1.87. The van der Waals surface area contributed by atoms with E-state index in [-0.39, 0.29) is 29.6 Å². The summed E-state index contributed by atoms with van der Waals surface area (Å²) in [5, 5.41) is -1.36. The van der Waals surface area contributed by atoms with Gasteiger partial charge in [0.05, 0.1) is 5.75 Å². The van der Waals surface area contributed by atoms with Crippen LogP contribution in [0, 0.1) is 0 Å². The molecule has 66 valence electrons. The van der Waals surface area contributed by atoms with Gasteiger partial charge in [0.25, 0.3) is 0 Å². The Kier molecular flexibility index (Phi) is 6.73. The molecule has 0 spiro atoms. The molecule has 0 aliphatic carbocycles. The largest absolute Gasteiger partial charge is 1.00 e. The van der Waals surface area contributed by atoms with Crippen molar-refractivity contribution in [3.05, 3.63) is 12.7 Å². The number of hydrogen-bond acceptors (Lipinski definition) is 5. The van der Waals surface area contributed by atoms with Crippen molar-refractivity contribution in [3.63, 3.8) is 0 Å². The van der Waals surface area contributed by atoms with E-state index in [9.17, 15) is 21.4 Å². The van der Waals surface area contributed by atoms with Gasteiger partial charge in [0.2, 0.25) is 0 Å². The average molecular weight is 222 g/mol. The molecule has 0 aromatic rings. The van der Waals surface area contributed by atoms with Gasteiger partial charge in [0, 0.05) is 0 Å². The van der Waals surface area contributed by atoms with Crippen LogP contribution in [0.4, 0.5) is 0 Å². The van der Waals surface area contributed by atoms with Crippen molar-refractivity contribution in [3.8, 4) is 0 Å². The second kappa shape index (κ2) is 5.36. The Morgan fingerprint density at radius 3 is 1.92 bits per heavy atom. The first-order valence-corrected chi connectivity index (χ1v) is 5.91. The fraction of sp³-hybridized carbons (Fsp3) is 0.500. The van der Waals surface area contributed by atoms with E-state index in [1.165, 1.54) is 0 Å². The van der Waals surface area contributed by atoms with Crippen LogP contribution >= 0.6 is 0 Å². The quantitative estimate of drug-likeness (QED) is 0.275. The fourth-order valence-electron chi connectivity index (χ4n) is 0.448. The topological polar surface area (TPSA) is 91.3 Å². The Hall–Kier alpha value is 0.600. The molecule has 0 heterocycles. The summed E-state index contributed by atoms with van der Waals surface area (Å²) in [5.41, 5.74) is 0. The Balaban J connectivity index is 0. The molecule has 0 saturated heterocycles. The minimum absolute atomic E-state index is 0. The van der Waals surface area contributed by atoms with E-state index >= 15 is 0 Å². The molecule has 12 heavy (non-hydrogen) atoms. The van der Waals surface area contributed by atoms with Crippen molar-refractivity contribution >= 4 is 20.0 Å². The van der Waals surface area contributed by atoms with E-state index in [0.29, 0.717) is 0 Å². The number of rotatable bonds is 4. The second-order valence-corrected chi connectivity index (χ2v) is 5.75. The fourth-order valence-corrected chi connectivity index (χ4v) is 2.95. The van der Waals surface area contributed by atoms with Gasteiger partial charge < -0.3 is 4.55 Å². The van der Waals surface area contributed by atoms with Crippen molar-refractivity contribution in [2.24, 2.45) is 0 Å². The van der Waals surface area contributed by atoms with Gasteiger partial charge in [-0.2, -0.15) is 0 Å². The molecule has 5 nitrogen and oxygen atoms in total. The Morgan fingerprint density at radius 2 is 1.67 bits per heavy atom. The first-order chi connectivity index (χ1) is 4.77. The van der Waals surface area contributed by atoms with Crippen LogP contribution in [-0.4, -0.2) is 32.2 Å². The van der Waals surface area contributed by atoms with Gasteiger partial charge in [-0.1, -0.05) is 6.08 Å². The third-order valence-electron chi connectivity index (χ3n) is 0.696. The standard InChI is InChI=1S/C4H8O5S2.Na/c1-2-3-10(5,6)4-11(7,8)9;/h2H,1,3-4H2,(H,7,8,9);/q;+1/p-1. The van der Waals surface area contributed by atoms with Crippen LogP contribution in [0.5, 0.6) is 0 Å². The zero-order chi connectivity index (χ0) is 9.12. The average Bonchev–Trinajstić information content (AvgIpc) is 1.55. The van der Waals surface area contributed by atoms with E-state index in [1.807, 2.05) is 0 Å². The molecule has 0 N–H and O–H groups in total. The van der Waals surface area contributed by atoms with Gasteiger partial charge in [0.1, 0.15) is 15.2 Å². The van der Waals surface area contributed by atoms with Crippen molar-refractivity contribution in [2.45, 2.75) is 0 Å². The van der Waals surface area contributed by atoms with Crippen molar-refractivity contribution in [1.82, 2.24) is 0 Å². The molecule has 8 heteroatoms. The van der Waals surface area contributed by atoms with Crippen LogP contribution < -0.4 is 29.6 Å². The number of hydrogen-bond donors (Lipinski definition) is 0. The molecule has 0 radical (unpaired) electrons. The Labute approximate surface area is 93.8 Å². The van der Waals surface area contributed by atoms with E-state index < -0.39 is 30.8 Å². The third kappa shape index (κ3) is 8.69. The van der Waals surface area contributed by atoms with Crippen molar-refractivity contribution in [2.75, 3.05) is 10.8 Å². The Bertz CT molecular complexity index is 326. The van der Waals surface area contributed by atoms with Crippen molar-refractivity contribution < 1.29 is 50.9 Å². The summed E-state index contributed by atoms with van der Waals surface area (Å²) in [7, 11) is -8.50. The molecule has 0 fully saturated rings. The van der Waals surface area contributed by atoms with E-state index in [2.05, 4.69) is 6.58 Å². The van der Waals surface area contributed by atoms with Gasteiger partial charge in [0.15, 0.2) is 9.84 Å². The predicted octanol–water partition coefficient (Wildman–Crippen LogP) is -3.91. The summed E-state index contributed by atoms with van der Waals surface area (Å²) < 4.78 is 51.0. The summed E-state index contributed by atoms with van der Waals surface area (Å²) >= 11 is 0. The molecule has 0 rings (SSSR count). The van der Waals surface area contributed by atoms with Crippen LogP contribution in [-0.2, 0) is 20.0 Å². The molecule has 0 atom stereocenters. The van der Waals surface area contributed by atoms with Gasteiger partial charge in [-0.05, 0) is 0 Å². The molecule has 0 aliphatic rings. The molecule has 0 bridgehead atoms. The SMILES string of the molecule is C=CCS(=O)(=O)CS(=O)(=O)[O-].[Na+]. The minimum Gasteiger partial charge on any atom is -0.747 e. The van der Waals surface area contributed by atoms with Gasteiger partial charge in [-0.15, -0.1) is 6.58 Å². The van der Waals surface area contributed by atoms with Crippen LogP contribution in [0.3, 0.4) is 0 Å². The van der Waals surface area contributed by atoms with Crippen LogP contribution in [0.1, 0.15) is 0 Å². The van der Waals surface area contributed by atoms with E-state index in [0.717, 1.165) is 6.08 Å². The molecule has 0 saturated carbocycles. The molecule has 0 aromatic heterocycles. The van der Waals surface area contributed by atoms with Gasteiger partial charge in [-0.3, -0.25) is 0 Å². The van der Waals surface area contributed by atoms with Crippen LogP contribution in [0.15, 0.2) is 12.7 Å². The van der Waals surface area contributed by atoms with Gasteiger partial charge in [-0.25, -0.2) is 16.8 Å². The maximum Gasteiger partial charge on any atom is 1.00 e. The Morgan fingerprint density at radius 1 is 1.25 bits per heavy atom. The molecule has 0 aromatic carbocycles. The maximum absolute atomic E-state index is 10.6. The summed E-state index contributed by atoms with van der Waals surface area (Å²) in [4.78, 5) is 0. The molecule has 0 aliphatic heterocycles. The zero-order valence-electron chi connectivity index (χ0n) is 6.56. The normalized spacial score (nSPS) is 11.8. The van der Waals surface area contributed by atoms with Crippen LogP contribution in [0.2, 0.25) is 0 Å². The van der Waals surface area contributed by atoms with Crippen molar-refractivity contribution in [1.29, 1.82) is 0 Å². The van der Waals surface area contributed by atoms with E-state index in [4.69, 9.17) is 0 Å². The summed E-state index contributed by atoms with van der Waals surface area (Å²) in [6.07, 6.45) is 1.03. The maximum atomic E-state index is 10.6. The van der Waals surface area contributed by atoms with Gasteiger partial charge >= 0.3 is 29.6 Å². The monoisotopic (exact) mass is 222 g/mol. The van der Waals surface area contributed by atoms with Crippen LogP contribution in [0.25, 0.3) is 0 Å². The summed E-state index contributed by atoms with van der Waals surface area (Å²) in [6, 6.07) is 0. The third-order valence-corrected chi connectivity index (χ3v) is 4.03. The molecule has 0 unspecified atom stereocenters. The molecular weight excluding hydrogens is 215 g/mol. The zero-order valence-corrected chi connectivity index (χ0v) is 10.2.